The molecule has 2 rings (SSSR count). The Bertz CT molecular complexity index is 880. The molecule has 0 aliphatic heterocycles. The number of methoxy groups -OCH3 is 1. The van der Waals surface area contributed by atoms with Crippen LogP contribution < -0.4 is 15.4 Å². The van der Waals surface area contributed by atoms with Crippen molar-refractivity contribution >= 4 is 23.4 Å². The normalized spacial score (nSPS) is 10.1. The molecule has 0 aliphatic carbocycles. The van der Waals surface area contributed by atoms with Crippen molar-refractivity contribution in [1.29, 1.82) is 0 Å². The Kier molecular flexibility index (Phi) is 7.14. The average molecular weight is 383 g/mol. The van der Waals surface area contributed by atoms with Crippen LogP contribution in [0.15, 0.2) is 42.5 Å². The number of nitrogens with one attached hydrogen (secondary N) is 2. The minimum absolute atomic E-state index is 0.129. The van der Waals surface area contributed by atoms with Gasteiger partial charge in [-0.1, -0.05) is 12.1 Å². The van der Waals surface area contributed by atoms with Crippen molar-refractivity contribution < 1.29 is 19.1 Å². The van der Waals surface area contributed by atoms with E-state index < -0.39 is 0 Å². The van der Waals surface area contributed by atoms with Crippen LogP contribution in [0.2, 0.25) is 0 Å². The van der Waals surface area contributed by atoms with Crippen LogP contribution in [0.25, 0.3) is 0 Å². The number of amides is 3. The summed E-state index contributed by atoms with van der Waals surface area (Å²) in [5.74, 6) is -0.412. The fourth-order valence-corrected chi connectivity index (χ4v) is 2.48. The van der Waals surface area contributed by atoms with Crippen LogP contribution in [0.4, 0.5) is 5.69 Å². The summed E-state index contributed by atoms with van der Waals surface area (Å²) in [5, 5.41) is 5.29. The summed E-state index contributed by atoms with van der Waals surface area (Å²) in [5.41, 5.74) is 3.17. The summed E-state index contributed by atoms with van der Waals surface area (Å²) < 4.78 is 5.10. The molecule has 0 spiro atoms. The van der Waals surface area contributed by atoms with Gasteiger partial charge in [0.15, 0.2) is 0 Å². The molecule has 0 atom stereocenters. The summed E-state index contributed by atoms with van der Waals surface area (Å²) in [6, 6.07) is 12.3. The van der Waals surface area contributed by atoms with E-state index in [1.165, 1.54) is 11.9 Å². The summed E-state index contributed by atoms with van der Waals surface area (Å²) in [6.07, 6.45) is 0. The topological polar surface area (TPSA) is 87.7 Å². The molecule has 2 aromatic rings. The molecule has 0 saturated heterocycles. The molecule has 0 aliphatic rings. The Morgan fingerprint density at radius 2 is 1.79 bits per heavy atom. The third-order valence-electron chi connectivity index (χ3n) is 4.33. The first-order valence-corrected chi connectivity index (χ1v) is 8.83. The molecular formula is C21H25N3O4. The number of carbonyl (C=O) groups is 3. The fraction of sp³-hybridized carbons (Fsp3) is 0.286. The van der Waals surface area contributed by atoms with E-state index in [1.54, 1.807) is 43.5 Å². The molecule has 3 amide bonds. The van der Waals surface area contributed by atoms with Crippen LogP contribution in [0, 0.1) is 13.8 Å². The predicted molar refractivity (Wildman–Crippen MR) is 108 cm³/mol. The average Bonchev–Trinajstić information content (AvgIpc) is 2.67. The highest BCUT2D eigenvalue weighted by Crippen LogP contribution is 2.16. The highest BCUT2D eigenvalue weighted by Gasteiger charge is 2.15. The van der Waals surface area contributed by atoms with E-state index in [0.29, 0.717) is 17.0 Å². The van der Waals surface area contributed by atoms with Crippen LogP contribution in [0.3, 0.4) is 0 Å². The Labute approximate surface area is 164 Å². The second kappa shape index (κ2) is 9.55. The molecule has 7 nitrogen and oxygen atoms in total. The van der Waals surface area contributed by atoms with Gasteiger partial charge in [0.1, 0.15) is 5.75 Å². The maximum Gasteiger partial charge on any atom is 0.251 e. The van der Waals surface area contributed by atoms with Crippen LogP contribution in [0.1, 0.15) is 21.5 Å². The van der Waals surface area contributed by atoms with Crippen molar-refractivity contribution in [2.24, 2.45) is 0 Å². The van der Waals surface area contributed by atoms with Crippen LogP contribution in [-0.4, -0.2) is 49.9 Å². The van der Waals surface area contributed by atoms with Gasteiger partial charge in [0.2, 0.25) is 11.8 Å². The molecule has 0 saturated carbocycles. The molecule has 0 aromatic heterocycles. The third-order valence-corrected chi connectivity index (χ3v) is 4.33. The molecule has 28 heavy (non-hydrogen) atoms. The number of nitrogens with zero attached hydrogens (tertiary/aromatic N) is 1. The number of carbonyl (C=O) groups excluding carboxylic acids is 3. The third kappa shape index (κ3) is 5.84. The zero-order valence-corrected chi connectivity index (χ0v) is 16.5. The van der Waals surface area contributed by atoms with Crippen molar-refractivity contribution in [3.8, 4) is 5.75 Å². The van der Waals surface area contributed by atoms with Crippen LogP contribution in [-0.2, 0) is 9.59 Å². The lowest BCUT2D eigenvalue weighted by Crippen LogP contribution is -2.41. The van der Waals surface area contributed by atoms with Crippen molar-refractivity contribution in [2.75, 3.05) is 32.6 Å². The molecule has 0 fully saturated rings. The summed E-state index contributed by atoms with van der Waals surface area (Å²) in [4.78, 5) is 37.8. The Morgan fingerprint density at radius 1 is 1.04 bits per heavy atom. The number of rotatable bonds is 7. The highest BCUT2D eigenvalue weighted by molar-refractivity contribution is 5.98. The number of hydrogen-bond acceptors (Lipinski definition) is 4. The summed E-state index contributed by atoms with van der Waals surface area (Å²) in [7, 11) is 3.05. The Balaban J connectivity index is 1.83. The first kappa shape index (κ1) is 21.0. The van der Waals surface area contributed by atoms with Crippen LogP contribution >= 0.6 is 0 Å². The fourth-order valence-electron chi connectivity index (χ4n) is 2.48. The first-order chi connectivity index (χ1) is 13.3. The van der Waals surface area contributed by atoms with Gasteiger partial charge < -0.3 is 20.3 Å². The predicted octanol–water partition coefficient (Wildman–Crippen LogP) is 2.14. The van der Waals surface area contributed by atoms with E-state index in [2.05, 4.69) is 10.6 Å². The van der Waals surface area contributed by atoms with E-state index in [0.717, 1.165) is 11.1 Å². The monoisotopic (exact) mass is 383 g/mol. The minimum atomic E-state index is -0.363. The second-order valence-electron chi connectivity index (χ2n) is 6.51. The minimum Gasteiger partial charge on any atom is -0.497 e. The number of benzene rings is 2. The Hall–Kier alpha value is -3.35. The molecule has 2 N–H and O–H groups in total. The zero-order chi connectivity index (χ0) is 20.7. The molecule has 7 heteroatoms. The maximum atomic E-state index is 12.2. The van der Waals surface area contributed by atoms with Gasteiger partial charge in [0, 0.05) is 24.4 Å². The smallest absolute Gasteiger partial charge is 0.251 e. The molecule has 0 bridgehead atoms. The largest absolute Gasteiger partial charge is 0.497 e. The Morgan fingerprint density at radius 3 is 2.46 bits per heavy atom. The van der Waals surface area contributed by atoms with Gasteiger partial charge in [0.05, 0.1) is 20.2 Å². The standard InChI is InChI=1S/C21H25N3O4/c1-14-8-9-16(10-15(14)2)21(27)22-12-20(26)24(3)13-19(25)23-17-6-5-7-18(11-17)28-4/h5-11H,12-13H2,1-4H3,(H,22,27)(H,23,25). The molecule has 0 heterocycles. The van der Waals surface area contributed by atoms with Gasteiger partial charge >= 0.3 is 0 Å². The number of ether oxygens (including phenoxy) is 1. The summed E-state index contributed by atoms with van der Waals surface area (Å²) in [6.45, 7) is 3.57. The zero-order valence-electron chi connectivity index (χ0n) is 16.5. The van der Waals surface area contributed by atoms with E-state index in [9.17, 15) is 14.4 Å². The van der Waals surface area contributed by atoms with Gasteiger partial charge in [-0.25, -0.2) is 0 Å². The lowest BCUT2D eigenvalue weighted by atomic mass is 10.1. The number of likely N-dealkylation sites (N-methyl/N-ethyl adjacent to an activating group) is 1. The number of aryl methyl sites for hydroxylation is 2. The SMILES string of the molecule is COc1cccc(NC(=O)CN(C)C(=O)CNC(=O)c2ccc(C)c(C)c2)c1. The van der Waals surface area contributed by atoms with Gasteiger partial charge in [-0.05, 0) is 49.2 Å². The van der Waals surface area contributed by atoms with Gasteiger partial charge in [-0.15, -0.1) is 0 Å². The van der Waals surface area contributed by atoms with Gasteiger partial charge in [0.25, 0.3) is 5.91 Å². The van der Waals surface area contributed by atoms with E-state index in [4.69, 9.17) is 4.74 Å². The van der Waals surface area contributed by atoms with E-state index >= 15 is 0 Å². The first-order valence-electron chi connectivity index (χ1n) is 8.83. The highest BCUT2D eigenvalue weighted by atomic mass is 16.5. The van der Waals surface area contributed by atoms with E-state index in [-0.39, 0.29) is 30.8 Å². The van der Waals surface area contributed by atoms with E-state index in [1.807, 2.05) is 19.9 Å². The molecule has 148 valence electrons. The summed E-state index contributed by atoms with van der Waals surface area (Å²) >= 11 is 0. The molecular weight excluding hydrogens is 358 g/mol. The lowest BCUT2D eigenvalue weighted by Gasteiger charge is -2.17. The van der Waals surface area contributed by atoms with Crippen molar-refractivity contribution in [3.63, 3.8) is 0 Å². The molecule has 2 aromatic carbocycles. The van der Waals surface area contributed by atoms with Crippen molar-refractivity contribution in [3.05, 3.63) is 59.2 Å². The van der Waals surface area contributed by atoms with Crippen molar-refractivity contribution in [2.45, 2.75) is 13.8 Å². The molecule has 0 radical (unpaired) electrons. The maximum absolute atomic E-state index is 12.2. The van der Waals surface area contributed by atoms with Gasteiger partial charge in [-0.3, -0.25) is 14.4 Å². The lowest BCUT2D eigenvalue weighted by molar-refractivity contribution is -0.132. The number of anilines is 1. The molecule has 0 unspecified atom stereocenters. The van der Waals surface area contributed by atoms with Crippen LogP contribution in [0.5, 0.6) is 5.75 Å². The second-order valence-corrected chi connectivity index (χ2v) is 6.51. The van der Waals surface area contributed by atoms with Crippen molar-refractivity contribution in [1.82, 2.24) is 10.2 Å². The van der Waals surface area contributed by atoms with Gasteiger partial charge in [-0.2, -0.15) is 0 Å². The quantitative estimate of drug-likeness (QED) is 0.767. The number of hydrogen-bond donors (Lipinski definition) is 2.